The Kier molecular flexibility index (Phi) is 5.41. The van der Waals surface area contributed by atoms with Crippen molar-refractivity contribution in [3.05, 3.63) is 145 Å². The largest absolute Gasteiger partial charge is 0.455 e. The van der Waals surface area contributed by atoms with Gasteiger partial charge in [0.2, 0.25) is 0 Å². The van der Waals surface area contributed by atoms with E-state index in [4.69, 9.17) is 4.42 Å². The summed E-state index contributed by atoms with van der Waals surface area (Å²) >= 11 is 0. The van der Waals surface area contributed by atoms with E-state index in [1.165, 1.54) is 38.9 Å². The van der Waals surface area contributed by atoms with E-state index >= 15 is 0 Å². The summed E-state index contributed by atoms with van der Waals surface area (Å²) in [6, 6.07) is 49.6. The van der Waals surface area contributed by atoms with Crippen LogP contribution in [0, 0.1) is 6.92 Å². The van der Waals surface area contributed by atoms with Crippen LogP contribution in [0.1, 0.15) is 5.56 Å². The molecule has 1 heterocycles. The van der Waals surface area contributed by atoms with Crippen molar-refractivity contribution in [2.45, 2.75) is 6.92 Å². The van der Waals surface area contributed by atoms with Crippen LogP contribution in [0.4, 0.5) is 0 Å². The van der Waals surface area contributed by atoms with Gasteiger partial charge in [-0.05, 0) is 70.1 Å². The number of rotatable bonds is 4. The molecule has 0 saturated heterocycles. The fraction of sp³-hybridized carbons (Fsp3) is 0.0270. The zero-order valence-corrected chi connectivity index (χ0v) is 21.2. The maximum absolute atomic E-state index is 6.49. The molecule has 0 spiro atoms. The molecule has 180 valence electrons. The first-order valence-electron chi connectivity index (χ1n) is 13.0. The van der Waals surface area contributed by atoms with Gasteiger partial charge in [-0.3, -0.25) is 0 Å². The highest BCUT2D eigenvalue weighted by Gasteiger charge is 2.17. The topological polar surface area (TPSA) is 13.1 Å². The van der Waals surface area contributed by atoms with E-state index in [0.717, 1.165) is 33.1 Å². The maximum Gasteiger partial charge on any atom is 0.143 e. The molecule has 0 unspecified atom stereocenters. The molecule has 0 aliphatic heterocycles. The van der Waals surface area contributed by atoms with E-state index < -0.39 is 0 Å². The van der Waals surface area contributed by atoms with Gasteiger partial charge in [0.25, 0.3) is 0 Å². The molecule has 0 N–H and O–H groups in total. The van der Waals surface area contributed by atoms with Crippen LogP contribution in [0.5, 0.6) is 0 Å². The highest BCUT2D eigenvalue weighted by atomic mass is 16.3. The minimum absolute atomic E-state index is 0.911. The Labute approximate surface area is 222 Å². The van der Waals surface area contributed by atoms with Crippen LogP contribution in [-0.4, -0.2) is 0 Å². The molecule has 0 fully saturated rings. The second-order valence-electron chi connectivity index (χ2n) is 9.86. The lowest BCUT2D eigenvalue weighted by Crippen LogP contribution is -1.86. The summed E-state index contributed by atoms with van der Waals surface area (Å²) in [5.74, 6) is 0. The highest BCUT2D eigenvalue weighted by Crippen LogP contribution is 2.42. The summed E-state index contributed by atoms with van der Waals surface area (Å²) in [5, 5.41) is 2.30. The number of para-hydroxylation sites is 1. The maximum atomic E-state index is 6.49. The van der Waals surface area contributed by atoms with Crippen molar-refractivity contribution in [1.82, 2.24) is 0 Å². The first-order valence-corrected chi connectivity index (χ1v) is 13.0. The van der Waals surface area contributed by atoms with Crippen LogP contribution >= 0.6 is 0 Å². The summed E-state index contributed by atoms with van der Waals surface area (Å²) in [7, 11) is 0. The number of aryl methyl sites for hydroxylation is 1. The minimum atomic E-state index is 0.911. The van der Waals surface area contributed by atoms with Gasteiger partial charge in [-0.15, -0.1) is 0 Å². The SMILES string of the molecule is Cc1cccc(-c2cccc(-c3cccc(-c4ccc(-c5ccccc5)c5oc6ccccc6c45)c3)c2)c1. The minimum Gasteiger partial charge on any atom is -0.455 e. The van der Waals surface area contributed by atoms with E-state index in [9.17, 15) is 0 Å². The molecule has 0 saturated carbocycles. The summed E-state index contributed by atoms with van der Waals surface area (Å²) < 4.78 is 6.49. The standard InChI is InChI=1S/C37H26O/c1-25-10-7-13-27(22-25)28-14-8-15-29(23-28)30-16-9-17-31(24-30)32-20-21-33(26-11-3-2-4-12-26)37-36(32)34-18-5-6-19-35(34)38-37/h2-24H,1H3. The van der Waals surface area contributed by atoms with Gasteiger partial charge in [-0.25, -0.2) is 0 Å². The van der Waals surface area contributed by atoms with E-state index in [0.29, 0.717) is 0 Å². The van der Waals surface area contributed by atoms with Gasteiger partial charge in [-0.2, -0.15) is 0 Å². The monoisotopic (exact) mass is 486 g/mol. The van der Waals surface area contributed by atoms with Crippen LogP contribution in [0.25, 0.3) is 66.4 Å². The average molecular weight is 487 g/mol. The molecule has 0 amide bonds. The number of hydrogen-bond acceptors (Lipinski definition) is 1. The summed E-state index contributed by atoms with van der Waals surface area (Å²) in [5.41, 5.74) is 12.6. The summed E-state index contributed by atoms with van der Waals surface area (Å²) in [6.07, 6.45) is 0. The third kappa shape index (κ3) is 3.90. The van der Waals surface area contributed by atoms with Crippen molar-refractivity contribution in [3.63, 3.8) is 0 Å². The Morgan fingerprint density at radius 2 is 0.974 bits per heavy atom. The zero-order chi connectivity index (χ0) is 25.5. The average Bonchev–Trinajstić information content (AvgIpc) is 3.37. The van der Waals surface area contributed by atoms with Gasteiger partial charge in [0.1, 0.15) is 11.2 Å². The summed E-state index contributed by atoms with van der Waals surface area (Å²) in [4.78, 5) is 0. The molecule has 6 aromatic carbocycles. The second kappa shape index (κ2) is 9.21. The lowest BCUT2D eigenvalue weighted by molar-refractivity contribution is 0.670. The van der Waals surface area contributed by atoms with Gasteiger partial charge in [0.15, 0.2) is 0 Å². The fourth-order valence-corrected chi connectivity index (χ4v) is 5.48. The predicted octanol–water partition coefficient (Wildman–Crippen LogP) is 10.6. The lowest BCUT2D eigenvalue weighted by atomic mass is 9.92. The lowest BCUT2D eigenvalue weighted by Gasteiger charge is -2.11. The molecule has 0 bridgehead atoms. The molecule has 0 radical (unpaired) electrons. The van der Waals surface area contributed by atoms with Crippen LogP contribution in [0.15, 0.2) is 144 Å². The molecule has 0 aliphatic carbocycles. The van der Waals surface area contributed by atoms with Crippen LogP contribution < -0.4 is 0 Å². The highest BCUT2D eigenvalue weighted by molar-refractivity contribution is 6.16. The van der Waals surface area contributed by atoms with Gasteiger partial charge >= 0.3 is 0 Å². The van der Waals surface area contributed by atoms with E-state index in [-0.39, 0.29) is 0 Å². The molecule has 1 aromatic heterocycles. The van der Waals surface area contributed by atoms with E-state index in [1.54, 1.807) is 0 Å². The molecule has 38 heavy (non-hydrogen) atoms. The number of furan rings is 1. The van der Waals surface area contributed by atoms with Crippen molar-refractivity contribution >= 4 is 21.9 Å². The molecule has 1 nitrogen and oxygen atoms in total. The Morgan fingerprint density at radius 3 is 1.71 bits per heavy atom. The predicted molar refractivity (Wildman–Crippen MR) is 160 cm³/mol. The molecule has 1 heteroatoms. The smallest absolute Gasteiger partial charge is 0.143 e. The van der Waals surface area contributed by atoms with Crippen molar-refractivity contribution < 1.29 is 4.42 Å². The Bertz CT molecular complexity index is 1920. The van der Waals surface area contributed by atoms with Gasteiger partial charge in [-0.1, -0.05) is 121 Å². The summed E-state index contributed by atoms with van der Waals surface area (Å²) in [6.45, 7) is 2.14. The van der Waals surface area contributed by atoms with E-state index in [2.05, 4.69) is 134 Å². The van der Waals surface area contributed by atoms with Crippen LogP contribution in [0.3, 0.4) is 0 Å². The molecule has 7 rings (SSSR count). The number of fused-ring (bicyclic) bond motifs is 3. The fourth-order valence-electron chi connectivity index (χ4n) is 5.48. The van der Waals surface area contributed by atoms with Crippen molar-refractivity contribution in [3.8, 4) is 44.5 Å². The van der Waals surface area contributed by atoms with Crippen LogP contribution in [0.2, 0.25) is 0 Å². The van der Waals surface area contributed by atoms with Crippen LogP contribution in [-0.2, 0) is 0 Å². The third-order valence-electron chi connectivity index (χ3n) is 7.33. The molecular formula is C37H26O. The first-order chi connectivity index (χ1) is 18.7. The van der Waals surface area contributed by atoms with Gasteiger partial charge in [0, 0.05) is 16.3 Å². The Hall–Kier alpha value is -4.88. The molecular weight excluding hydrogens is 460 g/mol. The molecule has 0 aliphatic rings. The zero-order valence-electron chi connectivity index (χ0n) is 21.2. The third-order valence-corrected chi connectivity index (χ3v) is 7.33. The van der Waals surface area contributed by atoms with E-state index in [1.807, 2.05) is 12.1 Å². The number of benzene rings is 6. The molecule has 0 atom stereocenters. The van der Waals surface area contributed by atoms with Crippen molar-refractivity contribution in [2.24, 2.45) is 0 Å². The molecule has 7 aromatic rings. The second-order valence-corrected chi connectivity index (χ2v) is 9.86. The van der Waals surface area contributed by atoms with Crippen molar-refractivity contribution in [1.29, 1.82) is 0 Å². The number of hydrogen-bond donors (Lipinski definition) is 0. The van der Waals surface area contributed by atoms with Crippen molar-refractivity contribution in [2.75, 3.05) is 0 Å². The van der Waals surface area contributed by atoms with Gasteiger partial charge < -0.3 is 4.42 Å². The first kappa shape index (κ1) is 22.3. The Balaban J connectivity index is 1.39. The normalized spacial score (nSPS) is 11.3. The quantitative estimate of drug-likeness (QED) is 0.241. The van der Waals surface area contributed by atoms with Gasteiger partial charge in [0.05, 0.1) is 0 Å². The Morgan fingerprint density at radius 1 is 0.421 bits per heavy atom.